The fourth-order valence-corrected chi connectivity index (χ4v) is 3.98. The Labute approximate surface area is 120 Å². The van der Waals surface area contributed by atoms with Crippen LogP contribution in [0.15, 0.2) is 11.6 Å². The highest BCUT2D eigenvalue weighted by Crippen LogP contribution is 2.37. The maximum atomic E-state index is 3.44. The van der Waals surface area contributed by atoms with Gasteiger partial charge in [0.05, 0.1) is 0 Å². The van der Waals surface area contributed by atoms with E-state index in [1.54, 1.807) is 0 Å². The normalized spacial score (nSPS) is 32.1. The van der Waals surface area contributed by atoms with Crippen LogP contribution in [0.5, 0.6) is 0 Å². The Morgan fingerprint density at radius 3 is 2.47 bits per heavy atom. The van der Waals surface area contributed by atoms with Gasteiger partial charge in [0.15, 0.2) is 0 Å². The molecule has 1 N–H and O–H groups in total. The van der Waals surface area contributed by atoms with Crippen LogP contribution in [0.1, 0.15) is 77.6 Å². The summed E-state index contributed by atoms with van der Waals surface area (Å²) in [5, 5.41) is 3.44. The largest absolute Gasteiger partial charge is 0.317 e. The Kier molecular flexibility index (Phi) is 6.43. The van der Waals surface area contributed by atoms with Crippen LogP contribution in [0.3, 0.4) is 0 Å². The van der Waals surface area contributed by atoms with Crippen molar-refractivity contribution in [2.24, 2.45) is 11.8 Å². The van der Waals surface area contributed by atoms with E-state index in [1.165, 1.54) is 70.6 Å². The van der Waals surface area contributed by atoms with Gasteiger partial charge in [-0.2, -0.15) is 0 Å². The van der Waals surface area contributed by atoms with Gasteiger partial charge >= 0.3 is 0 Å². The zero-order valence-electron chi connectivity index (χ0n) is 13.1. The SMILES string of the molecule is CCCCCC1CC=C(C2CCC(NC)CC2)CC1. The minimum Gasteiger partial charge on any atom is -0.317 e. The molecule has 1 fully saturated rings. The molecule has 1 atom stereocenters. The molecule has 0 spiro atoms. The van der Waals surface area contributed by atoms with Gasteiger partial charge in [0, 0.05) is 6.04 Å². The van der Waals surface area contributed by atoms with Crippen molar-refractivity contribution >= 4 is 0 Å². The monoisotopic (exact) mass is 263 g/mol. The zero-order valence-corrected chi connectivity index (χ0v) is 13.1. The molecule has 2 rings (SSSR count). The Morgan fingerprint density at radius 2 is 1.89 bits per heavy atom. The molecule has 110 valence electrons. The van der Waals surface area contributed by atoms with Crippen molar-refractivity contribution in [1.29, 1.82) is 0 Å². The van der Waals surface area contributed by atoms with E-state index in [0.717, 1.165) is 17.9 Å². The van der Waals surface area contributed by atoms with E-state index in [-0.39, 0.29) is 0 Å². The highest BCUT2D eigenvalue weighted by atomic mass is 14.9. The van der Waals surface area contributed by atoms with Gasteiger partial charge in [0.2, 0.25) is 0 Å². The molecule has 0 radical (unpaired) electrons. The van der Waals surface area contributed by atoms with Gasteiger partial charge in [0.25, 0.3) is 0 Å². The minimum atomic E-state index is 0.794. The maximum absolute atomic E-state index is 3.44. The minimum absolute atomic E-state index is 0.794. The van der Waals surface area contributed by atoms with Crippen LogP contribution >= 0.6 is 0 Å². The molecule has 0 amide bonds. The summed E-state index contributed by atoms with van der Waals surface area (Å²) in [6.45, 7) is 2.31. The summed E-state index contributed by atoms with van der Waals surface area (Å²) in [6, 6.07) is 0.794. The lowest BCUT2D eigenvalue weighted by molar-refractivity contribution is 0.313. The molecule has 1 heteroatoms. The van der Waals surface area contributed by atoms with Crippen molar-refractivity contribution in [3.8, 4) is 0 Å². The van der Waals surface area contributed by atoms with Gasteiger partial charge in [-0.1, -0.05) is 44.3 Å². The van der Waals surface area contributed by atoms with Gasteiger partial charge in [-0.15, -0.1) is 0 Å². The van der Waals surface area contributed by atoms with Crippen molar-refractivity contribution in [2.45, 2.75) is 83.6 Å². The second kappa shape index (κ2) is 8.09. The van der Waals surface area contributed by atoms with Gasteiger partial charge in [-0.05, 0) is 63.8 Å². The smallest absolute Gasteiger partial charge is 0.00644 e. The van der Waals surface area contributed by atoms with E-state index < -0.39 is 0 Å². The summed E-state index contributed by atoms with van der Waals surface area (Å²) >= 11 is 0. The van der Waals surface area contributed by atoms with Crippen molar-refractivity contribution in [1.82, 2.24) is 5.32 Å². The predicted molar refractivity (Wildman–Crippen MR) is 84.4 cm³/mol. The topological polar surface area (TPSA) is 12.0 Å². The number of hydrogen-bond acceptors (Lipinski definition) is 1. The van der Waals surface area contributed by atoms with Gasteiger partial charge in [0.1, 0.15) is 0 Å². The first-order valence-electron chi connectivity index (χ1n) is 8.69. The summed E-state index contributed by atoms with van der Waals surface area (Å²) < 4.78 is 0. The first-order chi connectivity index (χ1) is 9.33. The van der Waals surface area contributed by atoms with Crippen LogP contribution in [0, 0.1) is 11.8 Å². The molecule has 2 aliphatic carbocycles. The van der Waals surface area contributed by atoms with Gasteiger partial charge in [-0.25, -0.2) is 0 Å². The molecule has 0 saturated heterocycles. The molecule has 19 heavy (non-hydrogen) atoms. The Morgan fingerprint density at radius 1 is 1.11 bits per heavy atom. The van der Waals surface area contributed by atoms with Crippen molar-refractivity contribution < 1.29 is 0 Å². The lowest BCUT2D eigenvalue weighted by atomic mass is 9.75. The predicted octanol–water partition coefficient (Wildman–Crippen LogP) is 5.07. The molecule has 1 unspecified atom stereocenters. The summed E-state index contributed by atoms with van der Waals surface area (Å²) in [4.78, 5) is 0. The van der Waals surface area contributed by atoms with E-state index in [9.17, 15) is 0 Å². The molecule has 1 nitrogen and oxygen atoms in total. The molecule has 1 saturated carbocycles. The summed E-state index contributed by atoms with van der Waals surface area (Å²) in [5.74, 6) is 1.94. The fraction of sp³-hybridized carbons (Fsp3) is 0.889. The Bertz CT molecular complexity index is 273. The quantitative estimate of drug-likeness (QED) is 0.521. The lowest BCUT2D eigenvalue weighted by Crippen LogP contribution is -2.30. The van der Waals surface area contributed by atoms with E-state index >= 15 is 0 Å². The molecule has 2 aliphatic rings. The number of allylic oxidation sites excluding steroid dienone is 2. The van der Waals surface area contributed by atoms with Crippen LogP contribution < -0.4 is 5.32 Å². The standard InChI is InChI=1S/C18H33N/c1-3-4-5-6-15-7-9-16(10-8-15)17-11-13-18(19-2)14-12-17/h9,15,17-19H,3-8,10-14H2,1-2H3. The number of hydrogen-bond donors (Lipinski definition) is 1. The van der Waals surface area contributed by atoms with Gasteiger partial charge in [-0.3, -0.25) is 0 Å². The van der Waals surface area contributed by atoms with E-state index in [1.807, 2.05) is 5.57 Å². The highest BCUT2D eigenvalue weighted by molar-refractivity contribution is 5.11. The molecular weight excluding hydrogens is 230 g/mol. The van der Waals surface area contributed by atoms with Crippen LogP contribution in [-0.2, 0) is 0 Å². The Balaban J connectivity index is 1.71. The fourth-order valence-electron chi connectivity index (χ4n) is 3.98. The first-order valence-corrected chi connectivity index (χ1v) is 8.69. The second-order valence-corrected chi connectivity index (χ2v) is 6.75. The maximum Gasteiger partial charge on any atom is 0.00644 e. The average Bonchev–Trinajstić information content (AvgIpc) is 2.48. The summed E-state index contributed by atoms with van der Waals surface area (Å²) in [6.07, 6.45) is 18.3. The highest BCUT2D eigenvalue weighted by Gasteiger charge is 2.25. The van der Waals surface area contributed by atoms with E-state index in [4.69, 9.17) is 0 Å². The molecule has 0 aromatic carbocycles. The number of unbranched alkanes of at least 4 members (excludes halogenated alkanes) is 2. The molecular formula is C18H33N. The number of rotatable bonds is 6. The molecule has 0 bridgehead atoms. The van der Waals surface area contributed by atoms with Crippen molar-refractivity contribution in [3.05, 3.63) is 11.6 Å². The molecule has 0 heterocycles. The summed E-state index contributed by atoms with van der Waals surface area (Å²) in [5.41, 5.74) is 1.82. The van der Waals surface area contributed by atoms with Crippen LogP contribution in [0.25, 0.3) is 0 Å². The van der Waals surface area contributed by atoms with E-state index in [2.05, 4.69) is 25.4 Å². The third-order valence-electron chi connectivity index (χ3n) is 5.43. The zero-order chi connectivity index (χ0) is 13.5. The van der Waals surface area contributed by atoms with Gasteiger partial charge < -0.3 is 5.32 Å². The first kappa shape index (κ1) is 15.1. The molecule has 0 aliphatic heterocycles. The van der Waals surface area contributed by atoms with Crippen LogP contribution in [-0.4, -0.2) is 13.1 Å². The third kappa shape index (κ3) is 4.63. The van der Waals surface area contributed by atoms with Crippen LogP contribution in [0.4, 0.5) is 0 Å². The van der Waals surface area contributed by atoms with Crippen molar-refractivity contribution in [2.75, 3.05) is 7.05 Å². The van der Waals surface area contributed by atoms with E-state index in [0.29, 0.717) is 0 Å². The third-order valence-corrected chi connectivity index (χ3v) is 5.43. The molecule has 0 aromatic heterocycles. The summed E-state index contributed by atoms with van der Waals surface area (Å²) in [7, 11) is 2.12. The Hall–Kier alpha value is -0.300. The van der Waals surface area contributed by atoms with Crippen LogP contribution in [0.2, 0.25) is 0 Å². The average molecular weight is 263 g/mol. The lowest BCUT2D eigenvalue weighted by Gasteiger charge is -2.32. The van der Waals surface area contributed by atoms with Crippen molar-refractivity contribution in [3.63, 3.8) is 0 Å². The number of nitrogens with one attached hydrogen (secondary N) is 1. The second-order valence-electron chi connectivity index (χ2n) is 6.75. The molecule has 0 aromatic rings.